The molecule has 0 atom stereocenters. The number of hydrogen-bond acceptors (Lipinski definition) is 4. The van der Waals surface area contributed by atoms with Crippen molar-refractivity contribution in [2.75, 3.05) is 18.5 Å². The molecule has 0 fully saturated rings. The lowest BCUT2D eigenvalue weighted by Gasteiger charge is -2.08. The predicted octanol–water partition coefficient (Wildman–Crippen LogP) is 3.33. The van der Waals surface area contributed by atoms with Gasteiger partial charge in [0.25, 0.3) is 5.91 Å². The molecule has 0 aliphatic heterocycles. The number of esters is 1. The Balaban J connectivity index is 1.86. The number of carbonyl (C=O) groups excluding carboxylic acids is 2. The summed E-state index contributed by atoms with van der Waals surface area (Å²) in [4.78, 5) is 23.6. The summed E-state index contributed by atoms with van der Waals surface area (Å²) in [5.41, 5.74) is 1.10. The zero-order chi connectivity index (χ0) is 17.5. The third kappa shape index (κ3) is 4.81. The highest BCUT2D eigenvalue weighted by Gasteiger charge is 2.11. The largest absolute Gasteiger partial charge is 0.494 e. The Kier molecular flexibility index (Phi) is 5.89. The fraction of sp³-hybridized carbons (Fsp3) is 0.222. The zero-order valence-corrected chi connectivity index (χ0v) is 13.5. The Morgan fingerprint density at radius 1 is 1.12 bits per heavy atom. The summed E-state index contributed by atoms with van der Waals surface area (Å²) in [6, 6.07) is 10.7. The average molecular weight is 331 g/mol. The number of hydrogen-bond donors (Lipinski definition) is 1. The van der Waals surface area contributed by atoms with Gasteiger partial charge >= 0.3 is 5.97 Å². The van der Waals surface area contributed by atoms with E-state index in [2.05, 4.69) is 5.32 Å². The molecule has 2 aromatic carbocycles. The number of benzene rings is 2. The van der Waals surface area contributed by atoms with Crippen LogP contribution in [0, 0.1) is 12.7 Å². The van der Waals surface area contributed by atoms with Crippen LogP contribution < -0.4 is 10.1 Å². The summed E-state index contributed by atoms with van der Waals surface area (Å²) in [5.74, 6) is -0.937. The normalized spacial score (nSPS) is 10.1. The van der Waals surface area contributed by atoms with Gasteiger partial charge in [-0.15, -0.1) is 0 Å². The van der Waals surface area contributed by atoms with E-state index in [1.807, 2.05) is 6.92 Å². The van der Waals surface area contributed by atoms with Gasteiger partial charge in [0.1, 0.15) is 11.6 Å². The monoisotopic (exact) mass is 331 g/mol. The van der Waals surface area contributed by atoms with Crippen molar-refractivity contribution >= 4 is 17.6 Å². The molecule has 1 amide bonds. The van der Waals surface area contributed by atoms with Crippen LogP contribution in [0.4, 0.5) is 10.1 Å². The van der Waals surface area contributed by atoms with Gasteiger partial charge < -0.3 is 14.8 Å². The first-order chi connectivity index (χ1) is 11.5. The van der Waals surface area contributed by atoms with Crippen molar-refractivity contribution in [2.45, 2.75) is 13.8 Å². The van der Waals surface area contributed by atoms with Crippen molar-refractivity contribution in [1.82, 2.24) is 0 Å². The lowest BCUT2D eigenvalue weighted by molar-refractivity contribution is -0.119. The van der Waals surface area contributed by atoms with E-state index in [4.69, 9.17) is 9.47 Å². The van der Waals surface area contributed by atoms with Gasteiger partial charge in [-0.2, -0.15) is 0 Å². The summed E-state index contributed by atoms with van der Waals surface area (Å²) >= 11 is 0. The van der Waals surface area contributed by atoms with E-state index >= 15 is 0 Å². The minimum Gasteiger partial charge on any atom is -0.494 e. The van der Waals surface area contributed by atoms with E-state index in [1.165, 1.54) is 6.07 Å². The third-order valence-corrected chi connectivity index (χ3v) is 3.19. The van der Waals surface area contributed by atoms with Crippen LogP contribution in [0.15, 0.2) is 42.5 Å². The van der Waals surface area contributed by atoms with Crippen LogP contribution in [0.3, 0.4) is 0 Å². The molecule has 2 aromatic rings. The van der Waals surface area contributed by atoms with Gasteiger partial charge in [-0.1, -0.05) is 6.07 Å². The molecule has 0 saturated heterocycles. The topological polar surface area (TPSA) is 64.6 Å². The molecule has 0 bridgehead atoms. The average Bonchev–Trinajstić information content (AvgIpc) is 2.57. The molecule has 6 heteroatoms. The van der Waals surface area contributed by atoms with Crippen LogP contribution in [0.2, 0.25) is 0 Å². The van der Waals surface area contributed by atoms with Gasteiger partial charge in [0.05, 0.1) is 12.2 Å². The Hall–Kier alpha value is -2.89. The maximum Gasteiger partial charge on any atom is 0.338 e. The number of nitrogens with one attached hydrogen (secondary N) is 1. The van der Waals surface area contributed by atoms with Crippen LogP contribution in [0.25, 0.3) is 0 Å². The summed E-state index contributed by atoms with van der Waals surface area (Å²) in [6.07, 6.45) is 0. The zero-order valence-electron chi connectivity index (χ0n) is 13.5. The molecule has 24 heavy (non-hydrogen) atoms. The molecule has 0 heterocycles. The van der Waals surface area contributed by atoms with Gasteiger partial charge in [0.15, 0.2) is 6.61 Å². The number of anilines is 1. The molecule has 5 nitrogen and oxygen atoms in total. The number of rotatable bonds is 6. The fourth-order valence-electron chi connectivity index (χ4n) is 1.94. The molecule has 0 saturated carbocycles. The molecule has 0 radical (unpaired) electrons. The highest BCUT2D eigenvalue weighted by Crippen LogP contribution is 2.14. The standard InChI is InChI=1S/C18H18FNO4/c1-3-23-15-8-5-13(6-9-15)18(22)24-11-17(21)20-14-7-4-12(2)16(19)10-14/h4-10H,3,11H2,1-2H3,(H,20,21). The minimum absolute atomic E-state index is 0.306. The second kappa shape index (κ2) is 8.10. The summed E-state index contributed by atoms with van der Waals surface area (Å²) < 4.78 is 23.6. The lowest BCUT2D eigenvalue weighted by atomic mass is 10.2. The molecule has 0 aliphatic rings. The maximum absolute atomic E-state index is 13.4. The Morgan fingerprint density at radius 3 is 2.46 bits per heavy atom. The number of ether oxygens (including phenoxy) is 2. The Morgan fingerprint density at radius 2 is 1.83 bits per heavy atom. The van der Waals surface area contributed by atoms with E-state index in [-0.39, 0.29) is 0 Å². The highest BCUT2D eigenvalue weighted by molar-refractivity contribution is 5.95. The molecule has 0 unspecified atom stereocenters. The molecular weight excluding hydrogens is 313 g/mol. The third-order valence-electron chi connectivity index (χ3n) is 3.19. The van der Waals surface area contributed by atoms with Gasteiger partial charge in [0, 0.05) is 5.69 Å². The smallest absolute Gasteiger partial charge is 0.338 e. The quantitative estimate of drug-likeness (QED) is 0.825. The van der Waals surface area contributed by atoms with Crippen LogP contribution >= 0.6 is 0 Å². The highest BCUT2D eigenvalue weighted by atomic mass is 19.1. The first-order valence-electron chi connectivity index (χ1n) is 7.45. The number of aryl methyl sites for hydroxylation is 1. The van der Waals surface area contributed by atoms with Crippen molar-refractivity contribution in [2.24, 2.45) is 0 Å². The van der Waals surface area contributed by atoms with Crippen molar-refractivity contribution < 1.29 is 23.5 Å². The second-order valence-electron chi connectivity index (χ2n) is 5.05. The number of carbonyl (C=O) groups is 2. The summed E-state index contributed by atoms with van der Waals surface area (Å²) in [6.45, 7) is 3.56. The van der Waals surface area contributed by atoms with E-state index in [0.29, 0.717) is 29.2 Å². The summed E-state index contributed by atoms with van der Waals surface area (Å²) in [7, 11) is 0. The lowest BCUT2D eigenvalue weighted by Crippen LogP contribution is -2.21. The minimum atomic E-state index is -0.622. The molecule has 126 valence electrons. The van der Waals surface area contributed by atoms with Gasteiger partial charge in [-0.25, -0.2) is 9.18 Å². The molecule has 2 rings (SSSR count). The van der Waals surface area contributed by atoms with Gasteiger partial charge in [-0.3, -0.25) is 4.79 Å². The van der Waals surface area contributed by atoms with Crippen LogP contribution in [0.1, 0.15) is 22.8 Å². The molecular formula is C18H18FNO4. The van der Waals surface area contributed by atoms with Crippen LogP contribution in [-0.2, 0) is 9.53 Å². The maximum atomic E-state index is 13.4. The van der Waals surface area contributed by atoms with E-state index < -0.39 is 24.3 Å². The summed E-state index contributed by atoms with van der Waals surface area (Å²) in [5, 5.41) is 2.47. The fourth-order valence-corrected chi connectivity index (χ4v) is 1.94. The first kappa shape index (κ1) is 17.5. The molecule has 0 spiro atoms. The Bertz CT molecular complexity index is 728. The Labute approximate surface area is 139 Å². The van der Waals surface area contributed by atoms with E-state index in [9.17, 15) is 14.0 Å². The van der Waals surface area contributed by atoms with Crippen LogP contribution in [-0.4, -0.2) is 25.1 Å². The molecule has 1 N–H and O–H groups in total. The van der Waals surface area contributed by atoms with E-state index in [0.717, 1.165) is 0 Å². The van der Waals surface area contributed by atoms with Crippen molar-refractivity contribution in [3.05, 3.63) is 59.4 Å². The number of amides is 1. The van der Waals surface area contributed by atoms with E-state index in [1.54, 1.807) is 43.3 Å². The predicted molar refractivity (Wildman–Crippen MR) is 87.7 cm³/mol. The van der Waals surface area contributed by atoms with Gasteiger partial charge in [-0.05, 0) is 55.8 Å². The van der Waals surface area contributed by atoms with Crippen molar-refractivity contribution in [3.63, 3.8) is 0 Å². The SMILES string of the molecule is CCOc1ccc(C(=O)OCC(=O)Nc2ccc(C)c(F)c2)cc1. The molecule has 0 aromatic heterocycles. The number of halogens is 1. The second-order valence-corrected chi connectivity index (χ2v) is 5.05. The van der Waals surface area contributed by atoms with Crippen molar-refractivity contribution in [3.8, 4) is 5.75 Å². The molecule has 0 aliphatic carbocycles. The first-order valence-corrected chi connectivity index (χ1v) is 7.45. The van der Waals surface area contributed by atoms with Crippen LogP contribution in [0.5, 0.6) is 5.75 Å². The van der Waals surface area contributed by atoms with Crippen molar-refractivity contribution in [1.29, 1.82) is 0 Å². The van der Waals surface area contributed by atoms with Gasteiger partial charge in [0.2, 0.25) is 0 Å².